The van der Waals surface area contributed by atoms with E-state index in [0.717, 1.165) is 17.9 Å². The standard InChI is InChI=1S/C16H15ClN2O2/c17-12-7-6-11(10-13(12)18)16(20)19-8-3-9-21-15-5-2-1-4-14(15)19/h1-2,4-7,10H,3,8-9,18H2. The minimum Gasteiger partial charge on any atom is -0.491 e. The molecule has 0 fully saturated rings. The van der Waals surface area contributed by atoms with E-state index in [2.05, 4.69) is 0 Å². The third kappa shape index (κ3) is 2.67. The van der Waals surface area contributed by atoms with Crippen molar-refractivity contribution < 1.29 is 9.53 Å². The molecule has 0 unspecified atom stereocenters. The minimum atomic E-state index is -0.101. The molecule has 1 aliphatic heterocycles. The Morgan fingerprint density at radius 1 is 1.24 bits per heavy atom. The number of hydrogen-bond acceptors (Lipinski definition) is 3. The molecule has 0 saturated carbocycles. The molecule has 5 heteroatoms. The van der Waals surface area contributed by atoms with Crippen molar-refractivity contribution in [1.82, 2.24) is 0 Å². The first kappa shape index (κ1) is 13.8. The van der Waals surface area contributed by atoms with Crippen molar-refractivity contribution in [3.8, 4) is 5.75 Å². The molecule has 0 saturated heterocycles. The van der Waals surface area contributed by atoms with E-state index >= 15 is 0 Å². The summed E-state index contributed by atoms with van der Waals surface area (Å²) in [5, 5.41) is 0.450. The molecule has 0 aliphatic carbocycles. The van der Waals surface area contributed by atoms with Gasteiger partial charge in [-0.15, -0.1) is 0 Å². The molecule has 2 N–H and O–H groups in total. The summed E-state index contributed by atoms with van der Waals surface area (Å²) < 4.78 is 5.67. The summed E-state index contributed by atoms with van der Waals surface area (Å²) in [5.74, 6) is 0.626. The van der Waals surface area contributed by atoms with E-state index < -0.39 is 0 Å². The summed E-state index contributed by atoms with van der Waals surface area (Å²) >= 11 is 5.91. The summed E-state index contributed by atoms with van der Waals surface area (Å²) in [4.78, 5) is 14.5. The van der Waals surface area contributed by atoms with Gasteiger partial charge in [-0.25, -0.2) is 0 Å². The third-order valence-corrected chi connectivity index (χ3v) is 3.77. The Kier molecular flexibility index (Phi) is 3.71. The monoisotopic (exact) mass is 302 g/mol. The van der Waals surface area contributed by atoms with Gasteiger partial charge >= 0.3 is 0 Å². The van der Waals surface area contributed by atoms with Crippen LogP contribution in [0.1, 0.15) is 16.8 Å². The number of nitrogens with zero attached hydrogens (tertiary/aromatic N) is 1. The number of anilines is 2. The van der Waals surface area contributed by atoms with Crippen LogP contribution in [0.5, 0.6) is 5.75 Å². The van der Waals surface area contributed by atoms with Gasteiger partial charge in [-0.05, 0) is 36.8 Å². The second kappa shape index (κ2) is 5.66. The zero-order valence-electron chi connectivity index (χ0n) is 11.4. The summed E-state index contributed by atoms with van der Waals surface area (Å²) in [5.41, 5.74) is 7.50. The highest BCUT2D eigenvalue weighted by Crippen LogP contribution is 2.32. The molecule has 0 atom stereocenters. The Morgan fingerprint density at radius 2 is 2.05 bits per heavy atom. The van der Waals surface area contributed by atoms with Crippen molar-refractivity contribution in [3.63, 3.8) is 0 Å². The molecule has 1 aliphatic rings. The van der Waals surface area contributed by atoms with Crippen molar-refractivity contribution in [2.75, 3.05) is 23.8 Å². The normalized spacial score (nSPS) is 14.0. The van der Waals surface area contributed by atoms with Gasteiger partial charge in [-0.3, -0.25) is 4.79 Å². The Bertz CT molecular complexity index is 688. The van der Waals surface area contributed by atoms with Gasteiger partial charge in [-0.2, -0.15) is 0 Å². The summed E-state index contributed by atoms with van der Waals surface area (Å²) in [6.45, 7) is 1.21. The number of hydrogen-bond donors (Lipinski definition) is 1. The first-order valence-electron chi connectivity index (χ1n) is 6.75. The topological polar surface area (TPSA) is 55.6 Å². The molecule has 2 aromatic carbocycles. The molecule has 2 aromatic rings. The molecule has 0 spiro atoms. The number of carbonyl (C=O) groups is 1. The van der Waals surface area contributed by atoms with Crippen molar-refractivity contribution in [2.24, 2.45) is 0 Å². The molecule has 4 nitrogen and oxygen atoms in total. The number of ether oxygens (including phenoxy) is 1. The van der Waals surface area contributed by atoms with Crippen LogP contribution in [0.4, 0.5) is 11.4 Å². The van der Waals surface area contributed by atoms with E-state index in [1.54, 1.807) is 23.1 Å². The fourth-order valence-corrected chi connectivity index (χ4v) is 2.49. The summed E-state index contributed by atoms with van der Waals surface area (Å²) in [7, 11) is 0. The van der Waals surface area contributed by atoms with Crippen LogP contribution in [0.3, 0.4) is 0 Å². The van der Waals surface area contributed by atoms with Crippen LogP contribution in [-0.4, -0.2) is 19.1 Å². The number of para-hydroxylation sites is 2. The molecule has 0 bridgehead atoms. The Labute approximate surface area is 128 Å². The summed E-state index contributed by atoms with van der Waals surface area (Å²) in [6.07, 6.45) is 0.781. The molecule has 0 radical (unpaired) electrons. The minimum absolute atomic E-state index is 0.101. The maximum Gasteiger partial charge on any atom is 0.258 e. The first-order chi connectivity index (χ1) is 10.2. The molecular formula is C16H15ClN2O2. The number of halogens is 1. The van der Waals surface area contributed by atoms with Crippen molar-refractivity contribution in [3.05, 3.63) is 53.1 Å². The quantitative estimate of drug-likeness (QED) is 0.822. The van der Waals surface area contributed by atoms with Crippen LogP contribution in [0.15, 0.2) is 42.5 Å². The maximum absolute atomic E-state index is 12.8. The predicted molar refractivity (Wildman–Crippen MR) is 84.1 cm³/mol. The molecule has 3 rings (SSSR count). The van der Waals surface area contributed by atoms with E-state index in [1.165, 1.54) is 0 Å². The number of carbonyl (C=O) groups excluding carboxylic acids is 1. The lowest BCUT2D eigenvalue weighted by Gasteiger charge is -2.22. The largest absolute Gasteiger partial charge is 0.491 e. The maximum atomic E-state index is 12.8. The number of nitrogens with two attached hydrogens (primary N) is 1. The van der Waals surface area contributed by atoms with Crippen LogP contribution >= 0.6 is 11.6 Å². The number of amides is 1. The van der Waals surface area contributed by atoms with E-state index in [0.29, 0.717) is 29.4 Å². The highest BCUT2D eigenvalue weighted by molar-refractivity contribution is 6.33. The Morgan fingerprint density at radius 3 is 2.86 bits per heavy atom. The predicted octanol–water partition coefficient (Wildman–Crippen LogP) is 3.35. The highest BCUT2D eigenvalue weighted by Gasteiger charge is 2.23. The van der Waals surface area contributed by atoms with Crippen molar-refractivity contribution in [1.29, 1.82) is 0 Å². The Hall–Kier alpha value is -2.20. The molecule has 1 heterocycles. The van der Waals surface area contributed by atoms with Gasteiger partial charge < -0.3 is 15.4 Å². The van der Waals surface area contributed by atoms with E-state index in [1.807, 2.05) is 24.3 Å². The van der Waals surface area contributed by atoms with Crippen LogP contribution < -0.4 is 15.4 Å². The fourth-order valence-electron chi connectivity index (χ4n) is 2.37. The average molecular weight is 303 g/mol. The molecule has 108 valence electrons. The number of fused-ring (bicyclic) bond motifs is 1. The lowest BCUT2D eigenvalue weighted by Crippen LogP contribution is -2.31. The summed E-state index contributed by atoms with van der Waals surface area (Å²) in [6, 6.07) is 12.5. The van der Waals surface area contributed by atoms with Crippen molar-refractivity contribution in [2.45, 2.75) is 6.42 Å². The van der Waals surface area contributed by atoms with Crippen LogP contribution in [0, 0.1) is 0 Å². The van der Waals surface area contributed by atoms with Gasteiger partial charge in [0, 0.05) is 12.1 Å². The lowest BCUT2D eigenvalue weighted by atomic mass is 10.1. The van der Waals surface area contributed by atoms with E-state index in [4.69, 9.17) is 22.1 Å². The number of benzene rings is 2. The number of nitrogen functional groups attached to an aromatic ring is 1. The van der Waals surface area contributed by atoms with Gasteiger partial charge in [-0.1, -0.05) is 23.7 Å². The molecular weight excluding hydrogens is 288 g/mol. The van der Waals surface area contributed by atoms with Gasteiger partial charge in [0.1, 0.15) is 5.75 Å². The SMILES string of the molecule is Nc1cc(C(=O)N2CCCOc3ccccc32)ccc1Cl. The zero-order valence-corrected chi connectivity index (χ0v) is 12.1. The van der Waals surface area contributed by atoms with Gasteiger partial charge in [0.15, 0.2) is 0 Å². The van der Waals surface area contributed by atoms with Gasteiger partial charge in [0.2, 0.25) is 0 Å². The molecule has 21 heavy (non-hydrogen) atoms. The zero-order chi connectivity index (χ0) is 14.8. The smallest absolute Gasteiger partial charge is 0.258 e. The molecule has 0 aromatic heterocycles. The third-order valence-electron chi connectivity index (χ3n) is 3.43. The molecule has 1 amide bonds. The first-order valence-corrected chi connectivity index (χ1v) is 7.13. The van der Waals surface area contributed by atoms with Gasteiger partial charge in [0.25, 0.3) is 5.91 Å². The van der Waals surface area contributed by atoms with Crippen molar-refractivity contribution >= 4 is 28.9 Å². The second-order valence-corrected chi connectivity index (χ2v) is 5.27. The number of rotatable bonds is 1. The van der Waals surface area contributed by atoms with E-state index in [-0.39, 0.29) is 5.91 Å². The second-order valence-electron chi connectivity index (χ2n) is 4.86. The van der Waals surface area contributed by atoms with Crippen LogP contribution in [-0.2, 0) is 0 Å². The highest BCUT2D eigenvalue weighted by atomic mass is 35.5. The van der Waals surface area contributed by atoms with Gasteiger partial charge in [0.05, 0.1) is 23.0 Å². The van der Waals surface area contributed by atoms with Crippen LogP contribution in [0.2, 0.25) is 5.02 Å². The Balaban J connectivity index is 1.99. The van der Waals surface area contributed by atoms with Crippen LogP contribution in [0.25, 0.3) is 0 Å². The average Bonchev–Trinajstić information content (AvgIpc) is 2.71. The van der Waals surface area contributed by atoms with E-state index in [9.17, 15) is 4.79 Å². The lowest BCUT2D eigenvalue weighted by molar-refractivity contribution is 0.0987. The fraction of sp³-hybridized carbons (Fsp3) is 0.188.